The molecule has 0 bridgehead atoms. The lowest BCUT2D eigenvalue weighted by Crippen LogP contribution is -2.33. The summed E-state index contributed by atoms with van der Waals surface area (Å²) in [5, 5.41) is 20.5. The molecular formula is C14H21NO5. The van der Waals surface area contributed by atoms with Crippen molar-refractivity contribution < 1.29 is 24.5 Å². The van der Waals surface area contributed by atoms with E-state index >= 15 is 0 Å². The van der Waals surface area contributed by atoms with E-state index < -0.39 is 12.0 Å². The number of rotatable bonds is 9. The lowest BCUT2D eigenvalue weighted by molar-refractivity contribution is -0.139. The number of ether oxygens (including phenoxy) is 2. The molecule has 0 aliphatic rings. The molecule has 1 aromatic rings. The van der Waals surface area contributed by atoms with Gasteiger partial charge in [0.2, 0.25) is 0 Å². The van der Waals surface area contributed by atoms with E-state index in [1.54, 1.807) is 19.1 Å². The Hall–Kier alpha value is -1.79. The van der Waals surface area contributed by atoms with Gasteiger partial charge in [-0.25, -0.2) is 0 Å². The van der Waals surface area contributed by atoms with Crippen LogP contribution < -0.4 is 14.8 Å². The number of carboxylic acid groups (broad SMARTS) is 1. The van der Waals surface area contributed by atoms with Crippen molar-refractivity contribution in [2.75, 3.05) is 19.8 Å². The van der Waals surface area contributed by atoms with E-state index in [1.807, 2.05) is 13.0 Å². The van der Waals surface area contributed by atoms with E-state index in [0.29, 0.717) is 24.7 Å². The van der Waals surface area contributed by atoms with Gasteiger partial charge in [0, 0.05) is 6.54 Å². The molecule has 1 aromatic carbocycles. The van der Waals surface area contributed by atoms with Crippen LogP contribution in [-0.4, -0.2) is 42.0 Å². The predicted octanol–water partition coefficient (Wildman–Crippen LogP) is 1.02. The molecule has 0 saturated carbocycles. The molecule has 1 rings (SSSR count). The zero-order valence-electron chi connectivity index (χ0n) is 11.8. The van der Waals surface area contributed by atoms with E-state index in [2.05, 4.69) is 5.32 Å². The summed E-state index contributed by atoms with van der Waals surface area (Å²) in [7, 11) is 0. The van der Waals surface area contributed by atoms with Gasteiger partial charge in [-0.15, -0.1) is 0 Å². The Kier molecular flexibility index (Phi) is 6.83. The first-order chi connectivity index (χ1) is 9.58. The number of benzene rings is 1. The quantitative estimate of drug-likeness (QED) is 0.627. The highest BCUT2D eigenvalue weighted by Crippen LogP contribution is 2.28. The van der Waals surface area contributed by atoms with Crippen LogP contribution >= 0.6 is 0 Å². The summed E-state index contributed by atoms with van der Waals surface area (Å²) in [4.78, 5) is 10.7. The fourth-order valence-electron chi connectivity index (χ4n) is 1.56. The second-order valence-electron chi connectivity index (χ2n) is 4.23. The van der Waals surface area contributed by atoms with Gasteiger partial charge in [0.1, 0.15) is 12.6 Å². The molecule has 112 valence electrons. The van der Waals surface area contributed by atoms with Gasteiger partial charge in [-0.1, -0.05) is 6.07 Å². The van der Waals surface area contributed by atoms with Crippen LogP contribution in [0.4, 0.5) is 0 Å². The number of hydrogen-bond donors (Lipinski definition) is 3. The van der Waals surface area contributed by atoms with Crippen molar-refractivity contribution in [1.82, 2.24) is 5.32 Å². The van der Waals surface area contributed by atoms with Gasteiger partial charge in [-0.05, 0) is 31.5 Å². The Morgan fingerprint density at radius 1 is 1.35 bits per heavy atom. The molecule has 0 heterocycles. The summed E-state index contributed by atoms with van der Waals surface area (Å²) in [5.41, 5.74) is 0.901. The van der Waals surface area contributed by atoms with Crippen LogP contribution in [0.15, 0.2) is 18.2 Å². The van der Waals surface area contributed by atoms with Crippen molar-refractivity contribution in [2.45, 2.75) is 26.4 Å². The topological polar surface area (TPSA) is 88.0 Å². The molecule has 0 fully saturated rings. The third kappa shape index (κ3) is 5.07. The summed E-state index contributed by atoms with van der Waals surface area (Å²) < 4.78 is 10.8. The smallest absolute Gasteiger partial charge is 0.320 e. The molecule has 0 aromatic heterocycles. The van der Waals surface area contributed by atoms with Crippen LogP contribution in [0, 0.1) is 0 Å². The van der Waals surface area contributed by atoms with E-state index in [9.17, 15) is 4.79 Å². The summed E-state index contributed by atoms with van der Waals surface area (Å²) in [6.45, 7) is 4.52. The van der Waals surface area contributed by atoms with E-state index in [-0.39, 0.29) is 13.2 Å². The Morgan fingerprint density at radius 2 is 2.10 bits per heavy atom. The Morgan fingerprint density at radius 3 is 2.70 bits per heavy atom. The second kappa shape index (κ2) is 8.39. The second-order valence-corrected chi connectivity index (χ2v) is 4.23. The minimum absolute atomic E-state index is 0.0645. The van der Waals surface area contributed by atoms with Crippen LogP contribution in [0.3, 0.4) is 0 Å². The van der Waals surface area contributed by atoms with Crippen molar-refractivity contribution in [1.29, 1.82) is 0 Å². The lowest BCUT2D eigenvalue weighted by Gasteiger charge is -2.14. The summed E-state index contributed by atoms with van der Waals surface area (Å²) in [6.07, 6.45) is 0. The SMILES string of the molecule is CCOc1cc(CN[C@H](C)C(=O)O)ccc1OCCO. The van der Waals surface area contributed by atoms with E-state index in [4.69, 9.17) is 19.7 Å². The van der Waals surface area contributed by atoms with E-state index in [1.165, 1.54) is 0 Å². The molecule has 20 heavy (non-hydrogen) atoms. The molecule has 0 aliphatic carbocycles. The summed E-state index contributed by atoms with van der Waals surface area (Å²) >= 11 is 0. The molecule has 0 saturated heterocycles. The first-order valence-corrected chi connectivity index (χ1v) is 6.54. The maximum Gasteiger partial charge on any atom is 0.320 e. The zero-order valence-corrected chi connectivity index (χ0v) is 11.8. The third-order valence-electron chi connectivity index (χ3n) is 2.64. The first kappa shape index (κ1) is 16.3. The molecule has 1 atom stereocenters. The van der Waals surface area contributed by atoms with Gasteiger partial charge in [0.25, 0.3) is 0 Å². The lowest BCUT2D eigenvalue weighted by atomic mass is 10.2. The monoisotopic (exact) mass is 283 g/mol. The first-order valence-electron chi connectivity index (χ1n) is 6.54. The fourth-order valence-corrected chi connectivity index (χ4v) is 1.56. The predicted molar refractivity (Wildman–Crippen MR) is 74.1 cm³/mol. The molecule has 0 aliphatic heterocycles. The minimum atomic E-state index is -0.891. The molecule has 6 heteroatoms. The number of nitrogens with one attached hydrogen (secondary N) is 1. The Bertz CT molecular complexity index is 436. The van der Waals surface area contributed by atoms with Crippen LogP contribution in [0.25, 0.3) is 0 Å². The summed E-state index contributed by atoms with van der Waals surface area (Å²) in [5.74, 6) is 0.261. The van der Waals surface area contributed by atoms with Gasteiger partial charge in [0.05, 0.1) is 13.2 Å². The zero-order chi connectivity index (χ0) is 15.0. The van der Waals surface area contributed by atoms with Crippen LogP contribution in [-0.2, 0) is 11.3 Å². The highest BCUT2D eigenvalue weighted by Gasteiger charge is 2.11. The highest BCUT2D eigenvalue weighted by atomic mass is 16.5. The maximum absolute atomic E-state index is 10.7. The number of hydrogen-bond acceptors (Lipinski definition) is 5. The van der Waals surface area contributed by atoms with Gasteiger partial charge in [-0.3, -0.25) is 4.79 Å². The van der Waals surface area contributed by atoms with Crippen LogP contribution in [0.1, 0.15) is 19.4 Å². The van der Waals surface area contributed by atoms with Crippen molar-refractivity contribution in [3.05, 3.63) is 23.8 Å². The van der Waals surface area contributed by atoms with Gasteiger partial charge < -0.3 is 25.0 Å². The van der Waals surface area contributed by atoms with E-state index in [0.717, 1.165) is 5.56 Å². The molecule has 0 unspecified atom stereocenters. The normalized spacial score (nSPS) is 11.9. The Labute approximate surface area is 118 Å². The van der Waals surface area contributed by atoms with Gasteiger partial charge in [-0.2, -0.15) is 0 Å². The van der Waals surface area contributed by atoms with Crippen molar-refractivity contribution in [3.8, 4) is 11.5 Å². The molecule has 0 radical (unpaired) electrons. The minimum Gasteiger partial charge on any atom is -0.490 e. The molecule has 0 amide bonds. The number of aliphatic hydroxyl groups excluding tert-OH is 1. The average Bonchev–Trinajstić information content (AvgIpc) is 2.44. The van der Waals surface area contributed by atoms with Gasteiger partial charge in [0.15, 0.2) is 11.5 Å². The van der Waals surface area contributed by atoms with Crippen molar-refractivity contribution in [2.24, 2.45) is 0 Å². The fraction of sp³-hybridized carbons (Fsp3) is 0.500. The van der Waals surface area contributed by atoms with Crippen LogP contribution in [0.2, 0.25) is 0 Å². The standard InChI is InChI=1S/C14H21NO5/c1-3-19-13-8-11(9-15-10(2)14(17)18)4-5-12(13)20-7-6-16/h4-5,8,10,15-16H,3,6-7,9H2,1-2H3,(H,17,18)/t10-/m1/s1. The van der Waals surface area contributed by atoms with Crippen molar-refractivity contribution in [3.63, 3.8) is 0 Å². The van der Waals surface area contributed by atoms with Crippen molar-refractivity contribution >= 4 is 5.97 Å². The van der Waals surface area contributed by atoms with Crippen LogP contribution in [0.5, 0.6) is 11.5 Å². The largest absolute Gasteiger partial charge is 0.490 e. The molecule has 0 spiro atoms. The number of aliphatic carboxylic acids is 1. The number of carboxylic acids is 1. The summed E-state index contributed by atoms with van der Waals surface area (Å²) in [6, 6.07) is 4.77. The number of carbonyl (C=O) groups is 1. The van der Waals surface area contributed by atoms with Gasteiger partial charge >= 0.3 is 5.97 Å². The maximum atomic E-state index is 10.7. The highest BCUT2D eigenvalue weighted by molar-refractivity contribution is 5.72. The Balaban J connectivity index is 2.73. The third-order valence-corrected chi connectivity index (χ3v) is 2.64. The average molecular weight is 283 g/mol. The number of aliphatic hydroxyl groups is 1. The molecular weight excluding hydrogens is 262 g/mol. The molecule has 3 N–H and O–H groups in total. The molecule has 6 nitrogen and oxygen atoms in total.